The second-order valence-electron chi connectivity index (χ2n) is 5.10. The number of nitro groups is 1. The maximum atomic E-state index is 11.1. The normalized spacial score (nSPS) is 17.0. The first-order valence-electron chi connectivity index (χ1n) is 6.83. The summed E-state index contributed by atoms with van der Waals surface area (Å²) in [6, 6.07) is 8.04. The van der Waals surface area contributed by atoms with Gasteiger partial charge in [-0.05, 0) is 43.0 Å². The summed E-state index contributed by atoms with van der Waals surface area (Å²) in [4.78, 5) is 15.0. The minimum absolute atomic E-state index is 0.0433. The second-order valence-corrected chi connectivity index (χ2v) is 5.10. The van der Waals surface area contributed by atoms with Gasteiger partial charge in [0.15, 0.2) is 0 Å². The van der Waals surface area contributed by atoms with Crippen molar-refractivity contribution in [3.63, 3.8) is 0 Å². The number of hydrogen-bond donors (Lipinski definition) is 2. The van der Waals surface area contributed by atoms with Gasteiger partial charge in [-0.1, -0.05) is 6.07 Å². The van der Waals surface area contributed by atoms with E-state index in [0.29, 0.717) is 5.69 Å². The fraction of sp³-hybridized carbons (Fsp3) is 0.267. The zero-order valence-electron chi connectivity index (χ0n) is 11.3. The number of phenolic OH excluding ortho intramolecular Hbond substituents is 1. The molecule has 3 rings (SSSR count). The van der Waals surface area contributed by atoms with Crippen LogP contribution >= 0.6 is 0 Å². The van der Waals surface area contributed by atoms with Crippen LogP contribution in [0.4, 0.5) is 11.4 Å². The summed E-state index contributed by atoms with van der Waals surface area (Å²) >= 11 is 0. The van der Waals surface area contributed by atoms with Crippen LogP contribution in [0.3, 0.4) is 0 Å². The molecule has 0 fully saturated rings. The number of benzene rings is 1. The minimum atomic E-state index is -0.496. The summed E-state index contributed by atoms with van der Waals surface area (Å²) in [5, 5.41) is 23.7. The van der Waals surface area contributed by atoms with Gasteiger partial charge in [0.25, 0.3) is 5.69 Å². The second kappa shape index (κ2) is 5.40. The zero-order valence-corrected chi connectivity index (χ0v) is 11.3. The molecule has 1 atom stereocenters. The van der Waals surface area contributed by atoms with Crippen LogP contribution in [0, 0.1) is 10.1 Å². The smallest absolute Gasteiger partial charge is 0.296 e. The number of nitrogens with zero attached hydrogens (tertiary/aromatic N) is 2. The van der Waals surface area contributed by atoms with E-state index in [1.54, 1.807) is 6.20 Å². The molecule has 1 aliphatic rings. The Hall–Kier alpha value is -2.63. The van der Waals surface area contributed by atoms with Crippen LogP contribution in [0.25, 0.3) is 0 Å². The number of anilines is 1. The van der Waals surface area contributed by atoms with Gasteiger partial charge in [-0.15, -0.1) is 0 Å². The number of rotatable bonds is 3. The van der Waals surface area contributed by atoms with Gasteiger partial charge in [0.2, 0.25) is 0 Å². The third-order valence-electron chi connectivity index (χ3n) is 3.70. The van der Waals surface area contributed by atoms with Crippen molar-refractivity contribution in [3.8, 4) is 5.75 Å². The highest BCUT2D eigenvalue weighted by atomic mass is 16.6. The van der Waals surface area contributed by atoms with E-state index in [-0.39, 0.29) is 17.5 Å². The van der Waals surface area contributed by atoms with Crippen molar-refractivity contribution in [2.45, 2.75) is 25.3 Å². The summed E-state index contributed by atoms with van der Waals surface area (Å²) in [5.41, 5.74) is 2.41. The molecular weight excluding hydrogens is 270 g/mol. The highest BCUT2D eigenvalue weighted by molar-refractivity contribution is 5.64. The molecule has 0 spiro atoms. The number of nitrogens with one attached hydrogen (secondary N) is 1. The largest absolute Gasteiger partial charge is 0.508 e. The number of aryl methyl sites for hydroxylation is 1. The molecule has 1 aromatic heterocycles. The molecule has 1 aromatic carbocycles. The molecule has 1 aliphatic carbocycles. The molecule has 108 valence electrons. The number of hydrogen-bond acceptors (Lipinski definition) is 5. The van der Waals surface area contributed by atoms with E-state index in [9.17, 15) is 15.2 Å². The van der Waals surface area contributed by atoms with Gasteiger partial charge >= 0.3 is 0 Å². The van der Waals surface area contributed by atoms with Crippen molar-refractivity contribution < 1.29 is 10.0 Å². The molecule has 0 radical (unpaired) electrons. The molecule has 0 saturated heterocycles. The monoisotopic (exact) mass is 285 g/mol. The molecular formula is C15H15N3O3. The van der Waals surface area contributed by atoms with Crippen molar-refractivity contribution >= 4 is 11.4 Å². The molecule has 1 heterocycles. The highest BCUT2D eigenvalue weighted by Gasteiger charge is 2.24. The molecule has 6 nitrogen and oxygen atoms in total. The lowest BCUT2D eigenvalue weighted by molar-refractivity contribution is -0.384. The molecule has 0 bridgehead atoms. The van der Waals surface area contributed by atoms with Crippen LogP contribution in [0.1, 0.15) is 30.1 Å². The van der Waals surface area contributed by atoms with Crippen LogP contribution in [0.5, 0.6) is 5.75 Å². The third-order valence-corrected chi connectivity index (χ3v) is 3.70. The minimum Gasteiger partial charge on any atom is -0.508 e. The first-order valence-corrected chi connectivity index (χ1v) is 6.83. The molecule has 1 unspecified atom stereocenters. The molecule has 0 aliphatic heterocycles. The Morgan fingerprint density at radius 2 is 2.24 bits per heavy atom. The number of nitro benzene ring substituents is 1. The van der Waals surface area contributed by atoms with E-state index in [2.05, 4.69) is 10.3 Å². The van der Waals surface area contributed by atoms with Crippen molar-refractivity contribution in [1.82, 2.24) is 4.98 Å². The zero-order chi connectivity index (χ0) is 14.8. The summed E-state index contributed by atoms with van der Waals surface area (Å²) in [7, 11) is 0. The van der Waals surface area contributed by atoms with E-state index in [1.807, 2.05) is 12.1 Å². The highest BCUT2D eigenvalue weighted by Crippen LogP contribution is 2.35. The van der Waals surface area contributed by atoms with Crippen LogP contribution in [-0.2, 0) is 6.42 Å². The lowest BCUT2D eigenvalue weighted by Crippen LogP contribution is -2.19. The fourth-order valence-electron chi connectivity index (χ4n) is 2.73. The molecule has 2 N–H and O–H groups in total. The SMILES string of the molecule is O=[N+]([O-])c1cc(O)ccc1NC1CCCc2cccnc21. The summed E-state index contributed by atoms with van der Waals surface area (Å²) in [6.45, 7) is 0. The Bertz CT molecular complexity index is 688. The van der Waals surface area contributed by atoms with Crippen molar-refractivity contribution in [3.05, 3.63) is 57.9 Å². The number of pyridine rings is 1. The Kier molecular flexibility index (Phi) is 3.43. The topological polar surface area (TPSA) is 88.3 Å². The van der Waals surface area contributed by atoms with Crippen LogP contribution in [0.15, 0.2) is 36.5 Å². The van der Waals surface area contributed by atoms with E-state index in [4.69, 9.17) is 0 Å². The van der Waals surface area contributed by atoms with Crippen molar-refractivity contribution in [1.29, 1.82) is 0 Å². The van der Waals surface area contributed by atoms with E-state index in [1.165, 1.54) is 17.7 Å². The third kappa shape index (κ3) is 2.65. The Morgan fingerprint density at radius 1 is 1.38 bits per heavy atom. The number of aromatic nitrogens is 1. The average Bonchev–Trinajstić information content (AvgIpc) is 2.49. The summed E-state index contributed by atoms with van der Waals surface area (Å²) in [6.07, 6.45) is 4.62. The van der Waals surface area contributed by atoms with Gasteiger partial charge in [0.1, 0.15) is 11.4 Å². The molecule has 0 saturated carbocycles. The number of aromatic hydroxyl groups is 1. The van der Waals surface area contributed by atoms with Crippen LogP contribution in [-0.4, -0.2) is 15.0 Å². The molecule has 0 amide bonds. The lowest BCUT2D eigenvalue weighted by atomic mass is 9.91. The van der Waals surface area contributed by atoms with E-state index in [0.717, 1.165) is 31.0 Å². The van der Waals surface area contributed by atoms with Crippen molar-refractivity contribution in [2.24, 2.45) is 0 Å². The number of fused-ring (bicyclic) bond motifs is 1. The van der Waals surface area contributed by atoms with Crippen LogP contribution in [0.2, 0.25) is 0 Å². The van der Waals surface area contributed by atoms with Crippen molar-refractivity contribution in [2.75, 3.05) is 5.32 Å². The lowest BCUT2D eigenvalue weighted by Gasteiger charge is -2.25. The van der Waals surface area contributed by atoms with Crippen LogP contribution < -0.4 is 5.32 Å². The molecule has 21 heavy (non-hydrogen) atoms. The summed E-state index contributed by atoms with van der Waals surface area (Å²) < 4.78 is 0. The van der Waals surface area contributed by atoms with Gasteiger partial charge in [-0.25, -0.2) is 0 Å². The predicted octanol–water partition coefficient (Wildman–Crippen LogP) is 3.18. The molecule has 6 heteroatoms. The summed E-state index contributed by atoms with van der Waals surface area (Å²) in [5.74, 6) is -0.116. The molecule has 2 aromatic rings. The predicted molar refractivity (Wildman–Crippen MR) is 78.3 cm³/mol. The van der Waals surface area contributed by atoms with Gasteiger partial charge in [-0.2, -0.15) is 0 Å². The quantitative estimate of drug-likeness (QED) is 0.513. The number of phenols is 1. The van der Waals surface area contributed by atoms with Gasteiger partial charge < -0.3 is 10.4 Å². The van der Waals surface area contributed by atoms with Gasteiger partial charge in [0.05, 0.1) is 22.7 Å². The van der Waals surface area contributed by atoms with Gasteiger partial charge in [0, 0.05) is 6.20 Å². The Labute approximate surface area is 121 Å². The Morgan fingerprint density at radius 3 is 3.05 bits per heavy atom. The average molecular weight is 285 g/mol. The maximum absolute atomic E-state index is 11.1. The first kappa shape index (κ1) is 13.4. The standard InChI is InChI=1S/C15H15N3O3/c19-11-6-7-12(14(9-11)18(20)21)17-13-5-1-3-10-4-2-8-16-15(10)13/h2,4,6-9,13,17,19H,1,3,5H2. The van der Waals surface area contributed by atoms with E-state index >= 15 is 0 Å². The van der Waals surface area contributed by atoms with Gasteiger partial charge in [-0.3, -0.25) is 15.1 Å². The maximum Gasteiger partial charge on any atom is 0.296 e. The van der Waals surface area contributed by atoms with E-state index < -0.39 is 4.92 Å². The first-order chi connectivity index (χ1) is 10.1. The fourth-order valence-corrected chi connectivity index (χ4v) is 2.73. The Balaban J connectivity index is 1.93.